The van der Waals surface area contributed by atoms with Crippen LogP contribution in [0.1, 0.15) is 28.4 Å². The average molecular weight is 256 g/mol. The number of carbonyl (C=O) groups is 1. The normalized spacial score (nSPS) is 17.7. The molecule has 96 valence electrons. The van der Waals surface area contributed by atoms with Gasteiger partial charge in [-0.3, -0.25) is 4.79 Å². The first kappa shape index (κ1) is 11.6. The van der Waals surface area contributed by atoms with Crippen molar-refractivity contribution in [2.75, 3.05) is 0 Å². The number of hydrogen-bond donors (Lipinski definition) is 2. The van der Waals surface area contributed by atoms with Crippen molar-refractivity contribution >= 4 is 5.78 Å². The number of ether oxygens (including phenoxy) is 1. The molecular weight excluding hydrogens is 244 g/mol. The van der Waals surface area contributed by atoms with Gasteiger partial charge in [-0.05, 0) is 29.8 Å². The summed E-state index contributed by atoms with van der Waals surface area (Å²) < 4.78 is 5.75. The minimum atomic E-state index is -0.387. The summed E-state index contributed by atoms with van der Waals surface area (Å²) >= 11 is 0. The van der Waals surface area contributed by atoms with Gasteiger partial charge in [0.15, 0.2) is 5.78 Å². The number of ketones is 1. The van der Waals surface area contributed by atoms with Crippen LogP contribution in [0.5, 0.6) is 17.2 Å². The fraction of sp³-hybridized carbons (Fsp3) is 0.133. The van der Waals surface area contributed by atoms with Crippen LogP contribution in [-0.2, 0) is 0 Å². The van der Waals surface area contributed by atoms with E-state index in [0.29, 0.717) is 11.3 Å². The quantitative estimate of drug-likeness (QED) is 0.823. The van der Waals surface area contributed by atoms with Crippen LogP contribution in [-0.4, -0.2) is 16.0 Å². The third kappa shape index (κ3) is 2.12. The van der Waals surface area contributed by atoms with E-state index in [2.05, 4.69) is 0 Å². The molecule has 4 nitrogen and oxygen atoms in total. The van der Waals surface area contributed by atoms with Crippen molar-refractivity contribution in [2.45, 2.75) is 12.5 Å². The third-order valence-electron chi connectivity index (χ3n) is 3.17. The van der Waals surface area contributed by atoms with Crippen molar-refractivity contribution in [1.29, 1.82) is 0 Å². The molecule has 0 saturated carbocycles. The first-order chi connectivity index (χ1) is 9.13. The van der Waals surface area contributed by atoms with Gasteiger partial charge in [-0.1, -0.05) is 12.1 Å². The molecule has 2 aromatic rings. The molecule has 0 aliphatic carbocycles. The summed E-state index contributed by atoms with van der Waals surface area (Å²) in [6.07, 6.45) is -0.134. The second-order valence-corrected chi connectivity index (χ2v) is 4.51. The Morgan fingerprint density at radius 2 is 1.68 bits per heavy atom. The molecule has 1 aliphatic rings. The summed E-state index contributed by atoms with van der Waals surface area (Å²) in [5.41, 5.74) is 1.31. The van der Waals surface area contributed by atoms with Crippen molar-refractivity contribution in [3.8, 4) is 17.2 Å². The standard InChI is InChI=1S/C15H12O4/c16-10-3-1-9(2-4-10)14-8-13(18)12-6-5-11(17)7-15(12)19-14/h1-7,14,16-17H,8H2/t14-/m1/s1. The van der Waals surface area contributed by atoms with Gasteiger partial charge in [-0.25, -0.2) is 0 Å². The molecule has 0 unspecified atom stereocenters. The molecule has 0 spiro atoms. The summed E-state index contributed by atoms with van der Waals surface area (Å²) in [7, 11) is 0. The van der Waals surface area contributed by atoms with Gasteiger partial charge in [0.2, 0.25) is 0 Å². The number of rotatable bonds is 1. The number of phenols is 2. The van der Waals surface area contributed by atoms with Crippen LogP contribution in [0, 0.1) is 0 Å². The zero-order chi connectivity index (χ0) is 13.4. The van der Waals surface area contributed by atoms with Crippen molar-refractivity contribution in [3.63, 3.8) is 0 Å². The molecule has 1 aliphatic heterocycles. The second kappa shape index (κ2) is 4.31. The monoisotopic (exact) mass is 256 g/mol. The van der Waals surface area contributed by atoms with Crippen LogP contribution in [0.3, 0.4) is 0 Å². The van der Waals surface area contributed by atoms with Crippen molar-refractivity contribution in [3.05, 3.63) is 53.6 Å². The van der Waals surface area contributed by atoms with Crippen molar-refractivity contribution in [1.82, 2.24) is 0 Å². The van der Waals surface area contributed by atoms with Gasteiger partial charge >= 0.3 is 0 Å². The number of carbonyl (C=O) groups excluding carboxylic acids is 1. The Labute approximate surface area is 109 Å². The zero-order valence-corrected chi connectivity index (χ0v) is 10.0. The first-order valence-electron chi connectivity index (χ1n) is 5.95. The largest absolute Gasteiger partial charge is 0.508 e. The van der Waals surface area contributed by atoms with E-state index in [4.69, 9.17) is 4.74 Å². The molecule has 0 amide bonds. The number of fused-ring (bicyclic) bond motifs is 1. The minimum Gasteiger partial charge on any atom is -0.508 e. The Morgan fingerprint density at radius 3 is 2.42 bits per heavy atom. The fourth-order valence-electron chi connectivity index (χ4n) is 2.19. The number of aromatic hydroxyl groups is 2. The molecule has 0 radical (unpaired) electrons. The highest BCUT2D eigenvalue weighted by molar-refractivity contribution is 6.00. The molecule has 0 fully saturated rings. The summed E-state index contributed by atoms with van der Waals surface area (Å²) in [5.74, 6) is 0.621. The van der Waals surface area contributed by atoms with Gasteiger partial charge in [-0.2, -0.15) is 0 Å². The fourth-order valence-corrected chi connectivity index (χ4v) is 2.19. The van der Waals surface area contributed by atoms with Gasteiger partial charge in [0, 0.05) is 6.07 Å². The summed E-state index contributed by atoms with van der Waals surface area (Å²) in [6, 6.07) is 11.0. The molecule has 2 N–H and O–H groups in total. The van der Waals surface area contributed by atoms with E-state index in [0.717, 1.165) is 5.56 Å². The lowest BCUT2D eigenvalue weighted by Crippen LogP contribution is -2.20. The maximum atomic E-state index is 12.0. The lowest BCUT2D eigenvalue weighted by Gasteiger charge is -2.25. The van der Waals surface area contributed by atoms with E-state index in [-0.39, 0.29) is 29.8 Å². The molecule has 2 aromatic carbocycles. The van der Waals surface area contributed by atoms with Crippen molar-refractivity contribution < 1.29 is 19.7 Å². The molecule has 0 saturated heterocycles. The molecule has 1 atom stereocenters. The van der Waals surface area contributed by atoms with Gasteiger partial charge < -0.3 is 14.9 Å². The molecule has 0 bridgehead atoms. The van der Waals surface area contributed by atoms with Crippen LogP contribution in [0.2, 0.25) is 0 Å². The maximum absolute atomic E-state index is 12.0. The molecule has 4 heteroatoms. The van der Waals surface area contributed by atoms with Crippen LogP contribution < -0.4 is 4.74 Å². The highest BCUT2D eigenvalue weighted by Gasteiger charge is 2.27. The number of hydrogen-bond acceptors (Lipinski definition) is 4. The lowest BCUT2D eigenvalue weighted by atomic mass is 9.96. The number of benzene rings is 2. The Bertz CT molecular complexity index is 631. The predicted octanol–water partition coefficient (Wildman–Crippen LogP) is 2.80. The lowest BCUT2D eigenvalue weighted by molar-refractivity contribution is 0.0849. The van der Waals surface area contributed by atoms with E-state index in [1.807, 2.05) is 0 Å². The zero-order valence-electron chi connectivity index (χ0n) is 10.0. The molecule has 0 aromatic heterocycles. The highest BCUT2D eigenvalue weighted by atomic mass is 16.5. The summed E-state index contributed by atoms with van der Waals surface area (Å²) in [5, 5.41) is 18.7. The van der Waals surface area contributed by atoms with Gasteiger partial charge in [0.05, 0.1) is 12.0 Å². The van der Waals surface area contributed by atoms with Gasteiger partial charge in [0.25, 0.3) is 0 Å². The molecule has 1 heterocycles. The van der Waals surface area contributed by atoms with Gasteiger partial charge in [-0.15, -0.1) is 0 Å². The molecular formula is C15H12O4. The number of phenolic OH excluding ortho intramolecular Hbond substituents is 2. The Balaban J connectivity index is 1.96. The molecule has 19 heavy (non-hydrogen) atoms. The van der Waals surface area contributed by atoms with Crippen LogP contribution in [0.25, 0.3) is 0 Å². The van der Waals surface area contributed by atoms with E-state index < -0.39 is 0 Å². The second-order valence-electron chi connectivity index (χ2n) is 4.51. The topological polar surface area (TPSA) is 66.8 Å². The van der Waals surface area contributed by atoms with Gasteiger partial charge in [0.1, 0.15) is 23.4 Å². The highest BCUT2D eigenvalue weighted by Crippen LogP contribution is 2.36. The SMILES string of the molecule is O=C1C[C@H](c2ccc(O)cc2)Oc2cc(O)ccc21. The first-order valence-corrected chi connectivity index (χ1v) is 5.95. The Morgan fingerprint density at radius 1 is 1.00 bits per heavy atom. The third-order valence-corrected chi connectivity index (χ3v) is 3.17. The van der Waals surface area contributed by atoms with Crippen LogP contribution in [0.15, 0.2) is 42.5 Å². The minimum absolute atomic E-state index is 0.0145. The van der Waals surface area contributed by atoms with Crippen LogP contribution >= 0.6 is 0 Å². The Kier molecular flexibility index (Phi) is 2.63. The Hall–Kier alpha value is -2.49. The predicted molar refractivity (Wildman–Crippen MR) is 68.5 cm³/mol. The average Bonchev–Trinajstić information content (AvgIpc) is 2.38. The number of Topliss-reactive ketones (excluding diaryl/α,β-unsaturated/α-hetero) is 1. The van der Waals surface area contributed by atoms with E-state index in [1.54, 1.807) is 30.3 Å². The van der Waals surface area contributed by atoms with E-state index >= 15 is 0 Å². The van der Waals surface area contributed by atoms with E-state index in [1.165, 1.54) is 12.1 Å². The van der Waals surface area contributed by atoms with E-state index in [9.17, 15) is 15.0 Å². The summed E-state index contributed by atoms with van der Waals surface area (Å²) in [4.78, 5) is 12.0. The maximum Gasteiger partial charge on any atom is 0.170 e. The van der Waals surface area contributed by atoms with Crippen LogP contribution in [0.4, 0.5) is 0 Å². The summed E-state index contributed by atoms with van der Waals surface area (Å²) in [6.45, 7) is 0. The molecule has 3 rings (SSSR count). The smallest absolute Gasteiger partial charge is 0.170 e. The van der Waals surface area contributed by atoms with Crippen molar-refractivity contribution in [2.24, 2.45) is 0 Å².